The molecule has 1 aromatic heterocycles. The molecule has 0 aliphatic carbocycles. The number of rotatable bonds is 4. The largest absolute Gasteiger partial charge is 0.336 e. The number of benzene rings is 2. The Labute approximate surface area is 168 Å². The van der Waals surface area contributed by atoms with Crippen LogP contribution in [0.4, 0.5) is 8.78 Å². The third kappa shape index (κ3) is 4.32. The van der Waals surface area contributed by atoms with Crippen molar-refractivity contribution in [3.63, 3.8) is 0 Å². The van der Waals surface area contributed by atoms with E-state index in [1.54, 1.807) is 48.8 Å². The molecular formula is C23H21F2N3O. The number of halogens is 2. The third-order valence-electron chi connectivity index (χ3n) is 5.25. The van der Waals surface area contributed by atoms with Gasteiger partial charge in [0.2, 0.25) is 0 Å². The Morgan fingerprint density at radius 3 is 1.86 bits per heavy atom. The minimum absolute atomic E-state index is 0.0298. The van der Waals surface area contributed by atoms with Gasteiger partial charge in [-0.15, -0.1) is 0 Å². The smallest absolute Gasteiger partial charge is 0.255 e. The molecule has 1 aliphatic rings. The molecule has 0 saturated carbocycles. The zero-order chi connectivity index (χ0) is 20.2. The van der Waals surface area contributed by atoms with Crippen LogP contribution in [0, 0.1) is 11.6 Å². The molecule has 0 atom stereocenters. The molecular weight excluding hydrogens is 372 g/mol. The van der Waals surface area contributed by atoms with E-state index in [1.807, 2.05) is 4.90 Å². The highest BCUT2D eigenvalue weighted by Crippen LogP contribution is 2.30. The van der Waals surface area contributed by atoms with E-state index < -0.39 is 0 Å². The molecule has 1 fully saturated rings. The van der Waals surface area contributed by atoms with Gasteiger partial charge in [-0.1, -0.05) is 24.3 Å². The second kappa shape index (κ2) is 8.49. The van der Waals surface area contributed by atoms with Gasteiger partial charge in [-0.25, -0.2) is 8.78 Å². The highest BCUT2D eigenvalue weighted by atomic mass is 19.1. The Kier molecular flexibility index (Phi) is 5.62. The van der Waals surface area contributed by atoms with Gasteiger partial charge in [0.05, 0.1) is 11.6 Å². The SMILES string of the molecule is O=C(c1cccnc1)N1CCN(C(c2ccc(F)cc2)c2ccc(F)cc2)CC1. The van der Waals surface area contributed by atoms with E-state index in [4.69, 9.17) is 0 Å². The number of aromatic nitrogens is 1. The fraction of sp³-hybridized carbons (Fsp3) is 0.217. The highest BCUT2D eigenvalue weighted by Gasteiger charge is 2.28. The molecule has 2 heterocycles. The van der Waals surface area contributed by atoms with Crippen LogP contribution in [0.5, 0.6) is 0 Å². The predicted molar refractivity (Wildman–Crippen MR) is 106 cm³/mol. The summed E-state index contributed by atoms with van der Waals surface area (Å²) in [5.41, 5.74) is 2.45. The molecule has 4 rings (SSSR count). The molecule has 6 heteroatoms. The van der Waals surface area contributed by atoms with Gasteiger partial charge in [0, 0.05) is 38.6 Å². The van der Waals surface area contributed by atoms with Gasteiger partial charge < -0.3 is 4.90 Å². The lowest BCUT2D eigenvalue weighted by Gasteiger charge is -2.39. The van der Waals surface area contributed by atoms with Gasteiger partial charge in [0.15, 0.2) is 0 Å². The van der Waals surface area contributed by atoms with Crippen LogP contribution < -0.4 is 0 Å². The molecule has 3 aromatic rings. The van der Waals surface area contributed by atoms with Crippen molar-refractivity contribution in [3.05, 3.63) is 101 Å². The summed E-state index contributed by atoms with van der Waals surface area (Å²) in [4.78, 5) is 20.8. The Balaban J connectivity index is 1.54. The van der Waals surface area contributed by atoms with Crippen molar-refractivity contribution in [1.82, 2.24) is 14.8 Å². The maximum Gasteiger partial charge on any atom is 0.255 e. The van der Waals surface area contributed by atoms with E-state index in [0.717, 1.165) is 11.1 Å². The Morgan fingerprint density at radius 1 is 0.828 bits per heavy atom. The van der Waals surface area contributed by atoms with Crippen LogP contribution >= 0.6 is 0 Å². The zero-order valence-corrected chi connectivity index (χ0v) is 15.8. The summed E-state index contributed by atoms with van der Waals surface area (Å²) < 4.78 is 26.9. The molecule has 2 aromatic carbocycles. The van der Waals surface area contributed by atoms with Gasteiger partial charge >= 0.3 is 0 Å². The number of pyridine rings is 1. The summed E-state index contributed by atoms with van der Waals surface area (Å²) in [7, 11) is 0. The van der Waals surface area contributed by atoms with E-state index in [-0.39, 0.29) is 23.6 Å². The lowest BCUT2D eigenvalue weighted by atomic mass is 9.96. The zero-order valence-electron chi connectivity index (χ0n) is 15.8. The normalized spacial score (nSPS) is 14.9. The fourth-order valence-electron chi connectivity index (χ4n) is 3.76. The van der Waals surface area contributed by atoms with Crippen molar-refractivity contribution < 1.29 is 13.6 Å². The first-order chi connectivity index (χ1) is 14.1. The average molecular weight is 393 g/mol. The van der Waals surface area contributed by atoms with E-state index in [1.165, 1.54) is 24.3 Å². The Hall–Kier alpha value is -3.12. The molecule has 1 aliphatic heterocycles. The number of nitrogens with zero attached hydrogens (tertiary/aromatic N) is 3. The first-order valence-corrected chi connectivity index (χ1v) is 9.56. The molecule has 1 amide bonds. The number of carbonyl (C=O) groups is 1. The van der Waals surface area contributed by atoms with Crippen LogP contribution in [0.25, 0.3) is 0 Å². The standard InChI is InChI=1S/C23H21F2N3O/c24-20-7-3-17(4-8-20)22(18-5-9-21(25)10-6-18)27-12-14-28(15-13-27)23(29)19-2-1-11-26-16-19/h1-11,16,22H,12-15H2. The van der Waals surface area contributed by atoms with E-state index >= 15 is 0 Å². The lowest BCUT2D eigenvalue weighted by Crippen LogP contribution is -2.49. The molecule has 0 N–H and O–H groups in total. The minimum Gasteiger partial charge on any atom is -0.336 e. The molecule has 1 saturated heterocycles. The number of hydrogen-bond donors (Lipinski definition) is 0. The Bertz CT molecular complexity index is 908. The molecule has 0 spiro atoms. The van der Waals surface area contributed by atoms with Crippen molar-refractivity contribution in [1.29, 1.82) is 0 Å². The third-order valence-corrected chi connectivity index (χ3v) is 5.25. The van der Waals surface area contributed by atoms with Gasteiger partial charge in [-0.2, -0.15) is 0 Å². The average Bonchev–Trinajstić information content (AvgIpc) is 2.77. The molecule has 0 unspecified atom stereocenters. The molecule has 29 heavy (non-hydrogen) atoms. The second-order valence-electron chi connectivity index (χ2n) is 7.08. The number of carbonyl (C=O) groups excluding carboxylic acids is 1. The topological polar surface area (TPSA) is 36.4 Å². The molecule has 148 valence electrons. The number of hydrogen-bond acceptors (Lipinski definition) is 3. The Morgan fingerprint density at radius 2 is 1.38 bits per heavy atom. The quantitative estimate of drug-likeness (QED) is 0.674. The molecule has 0 bridgehead atoms. The summed E-state index contributed by atoms with van der Waals surface area (Å²) in [5.74, 6) is -0.616. The second-order valence-corrected chi connectivity index (χ2v) is 7.08. The first kappa shape index (κ1) is 19.2. The van der Waals surface area contributed by atoms with Crippen LogP contribution in [0.1, 0.15) is 27.5 Å². The van der Waals surface area contributed by atoms with E-state index in [2.05, 4.69) is 9.88 Å². The summed E-state index contributed by atoms with van der Waals surface area (Å²) in [6, 6.07) is 16.2. The van der Waals surface area contributed by atoms with Gasteiger partial charge in [0.25, 0.3) is 5.91 Å². The van der Waals surface area contributed by atoms with Crippen LogP contribution in [-0.2, 0) is 0 Å². The maximum absolute atomic E-state index is 13.4. The summed E-state index contributed by atoms with van der Waals surface area (Å²) >= 11 is 0. The first-order valence-electron chi connectivity index (χ1n) is 9.56. The molecule has 4 nitrogen and oxygen atoms in total. The van der Waals surface area contributed by atoms with Gasteiger partial charge in [0.1, 0.15) is 11.6 Å². The summed E-state index contributed by atoms with van der Waals surface area (Å²) in [5, 5.41) is 0. The van der Waals surface area contributed by atoms with Crippen LogP contribution in [0.3, 0.4) is 0 Å². The van der Waals surface area contributed by atoms with Crippen LogP contribution in [0.2, 0.25) is 0 Å². The van der Waals surface area contributed by atoms with Crippen molar-refractivity contribution in [2.24, 2.45) is 0 Å². The van der Waals surface area contributed by atoms with Crippen LogP contribution in [0.15, 0.2) is 73.1 Å². The monoisotopic (exact) mass is 393 g/mol. The maximum atomic E-state index is 13.4. The lowest BCUT2D eigenvalue weighted by molar-refractivity contribution is 0.0597. The van der Waals surface area contributed by atoms with Crippen molar-refractivity contribution in [2.75, 3.05) is 26.2 Å². The summed E-state index contributed by atoms with van der Waals surface area (Å²) in [6.07, 6.45) is 3.22. The number of amides is 1. The summed E-state index contributed by atoms with van der Waals surface area (Å²) in [6.45, 7) is 2.47. The van der Waals surface area contributed by atoms with Gasteiger partial charge in [-0.3, -0.25) is 14.7 Å². The predicted octanol–water partition coefficient (Wildman–Crippen LogP) is 3.91. The number of piperazine rings is 1. The fourth-order valence-corrected chi connectivity index (χ4v) is 3.76. The van der Waals surface area contributed by atoms with E-state index in [9.17, 15) is 13.6 Å². The van der Waals surface area contributed by atoms with Crippen LogP contribution in [-0.4, -0.2) is 46.9 Å². The minimum atomic E-state index is -0.293. The van der Waals surface area contributed by atoms with Crippen molar-refractivity contribution in [2.45, 2.75) is 6.04 Å². The van der Waals surface area contributed by atoms with Gasteiger partial charge in [-0.05, 0) is 47.5 Å². The van der Waals surface area contributed by atoms with Crippen molar-refractivity contribution >= 4 is 5.91 Å². The highest BCUT2D eigenvalue weighted by molar-refractivity contribution is 5.93. The van der Waals surface area contributed by atoms with Crippen molar-refractivity contribution in [3.8, 4) is 0 Å². The molecule has 0 radical (unpaired) electrons. The van der Waals surface area contributed by atoms with E-state index in [0.29, 0.717) is 31.7 Å².